The van der Waals surface area contributed by atoms with Crippen LogP contribution < -0.4 is 106 Å². The summed E-state index contributed by atoms with van der Waals surface area (Å²) in [7, 11) is 0. The van der Waals surface area contributed by atoms with Crippen molar-refractivity contribution in [1.82, 2.24) is 106 Å². The van der Waals surface area contributed by atoms with Crippen LogP contribution in [0.15, 0.2) is 0 Å². The summed E-state index contributed by atoms with van der Waals surface area (Å²) < 4.78 is 0. The summed E-state index contributed by atoms with van der Waals surface area (Å²) in [5.74, 6) is -0.823. The molecule has 0 heterocycles. The largest absolute Gasteiger partial charge is 0.480 e. The van der Waals surface area contributed by atoms with Gasteiger partial charge in [-0.05, 0) is 13.0 Å². The van der Waals surface area contributed by atoms with Gasteiger partial charge < -0.3 is 111 Å². The summed E-state index contributed by atoms with van der Waals surface area (Å²) in [6.45, 7) is 40.3. The molecule has 21 N–H and O–H groups in total. The van der Waals surface area contributed by atoms with E-state index in [1.165, 1.54) is 12.8 Å². The number of rotatable bonds is 62. The lowest BCUT2D eigenvalue weighted by molar-refractivity contribution is -0.135. The van der Waals surface area contributed by atoms with E-state index in [2.05, 4.69) is 113 Å². The Hall–Kier alpha value is -1.33. The zero-order chi connectivity index (χ0) is 47.4. The van der Waals surface area contributed by atoms with E-state index in [0.717, 1.165) is 249 Å². The molecule has 0 aromatic carbocycles. The zero-order valence-electron chi connectivity index (χ0n) is 42.1. The first-order chi connectivity index (χ1) is 32.8. The molecule has 0 bridgehead atoms. The summed E-state index contributed by atoms with van der Waals surface area (Å²) >= 11 is 0. The van der Waals surface area contributed by atoms with E-state index in [1.807, 2.05) is 0 Å². The van der Waals surface area contributed by atoms with E-state index < -0.39 is 5.97 Å². The minimum Gasteiger partial charge on any atom is -0.480 e. The molecule has 0 spiro atoms. The molecular formula is C44H108N20O2. The molecule has 0 saturated heterocycles. The van der Waals surface area contributed by atoms with E-state index in [9.17, 15) is 4.79 Å². The van der Waals surface area contributed by atoms with Crippen molar-refractivity contribution >= 4 is 5.97 Å². The van der Waals surface area contributed by atoms with Crippen LogP contribution in [0.2, 0.25) is 0 Å². The highest BCUT2D eigenvalue weighted by molar-refractivity contribution is 5.68. The van der Waals surface area contributed by atoms with Crippen molar-refractivity contribution in [2.45, 2.75) is 19.8 Å². The molecule has 0 unspecified atom stereocenters. The van der Waals surface area contributed by atoms with E-state index >= 15 is 0 Å². The van der Waals surface area contributed by atoms with Gasteiger partial charge in [-0.25, -0.2) is 0 Å². The average Bonchev–Trinajstić information content (AvgIpc) is 3.32. The monoisotopic (exact) mass is 949 g/mol. The summed E-state index contributed by atoms with van der Waals surface area (Å²) in [6, 6.07) is 0. The SMILES string of the molecule is CCCCNCCNCCNCCNCCNCCNCCNCCNCCNCCNCCNCCNCCNCCNCCNCCNCCNCCNCCNCCNCC(=O)O. The highest BCUT2D eigenvalue weighted by Crippen LogP contribution is 1.81. The highest BCUT2D eigenvalue weighted by Gasteiger charge is 1.97. The van der Waals surface area contributed by atoms with Gasteiger partial charge in [-0.1, -0.05) is 13.3 Å². The van der Waals surface area contributed by atoms with Crippen LogP contribution in [0.5, 0.6) is 0 Å². The molecule has 0 amide bonds. The number of carboxylic acids is 1. The Kier molecular flexibility index (Phi) is 60.4. The lowest BCUT2D eigenvalue weighted by atomic mass is 10.3. The van der Waals surface area contributed by atoms with Crippen LogP contribution >= 0.6 is 0 Å². The third kappa shape index (κ3) is 62.7. The first kappa shape index (κ1) is 64.7. The van der Waals surface area contributed by atoms with Gasteiger partial charge in [0.05, 0.1) is 6.54 Å². The van der Waals surface area contributed by atoms with E-state index in [-0.39, 0.29) is 6.54 Å². The summed E-state index contributed by atoms with van der Waals surface area (Å²) in [4.78, 5) is 10.4. The Morgan fingerprint density at radius 2 is 0.348 bits per heavy atom. The zero-order valence-corrected chi connectivity index (χ0v) is 42.1. The molecule has 66 heavy (non-hydrogen) atoms. The van der Waals surface area contributed by atoms with Crippen molar-refractivity contribution < 1.29 is 9.90 Å². The third-order valence-electron chi connectivity index (χ3n) is 10.1. The van der Waals surface area contributed by atoms with E-state index in [1.54, 1.807) is 0 Å². The predicted molar refractivity (Wildman–Crippen MR) is 280 cm³/mol. The lowest BCUT2D eigenvalue weighted by Crippen LogP contribution is -2.39. The van der Waals surface area contributed by atoms with Gasteiger partial charge in [-0.15, -0.1) is 0 Å². The fraction of sp³-hybridized carbons (Fsp3) is 0.977. The van der Waals surface area contributed by atoms with Crippen LogP contribution in [0.3, 0.4) is 0 Å². The van der Waals surface area contributed by atoms with Crippen LogP contribution in [-0.2, 0) is 4.79 Å². The van der Waals surface area contributed by atoms with Gasteiger partial charge in [0.2, 0.25) is 0 Å². The minimum atomic E-state index is -0.823. The van der Waals surface area contributed by atoms with Gasteiger partial charge in [0.1, 0.15) is 0 Å². The van der Waals surface area contributed by atoms with Crippen LogP contribution in [0.25, 0.3) is 0 Å². The lowest BCUT2D eigenvalue weighted by Gasteiger charge is -2.10. The molecule has 0 aromatic heterocycles. The van der Waals surface area contributed by atoms with Gasteiger partial charge in [0, 0.05) is 249 Å². The predicted octanol–water partition coefficient (Wildman–Crippen LogP) is -7.34. The number of aliphatic carboxylic acids is 1. The van der Waals surface area contributed by atoms with Crippen LogP contribution in [0.4, 0.5) is 0 Å². The first-order valence-corrected chi connectivity index (χ1v) is 26.1. The second kappa shape index (κ2) is 61.7. The quantitative estimate of drug-likeness (QED) is 0.0252. The van der Waals surface area contributed by atoms with Crippen molar-refractivity contribution in [3.05, 3.63) is 0 Å². The van der Waals surface area contributed by atoms with Crippen LogP contribution in [0.1, 0.15) is 19.8 Å². The second-order valence-corrected chi connectivity index (χ2v) is 16.2. The number of hydrogen-bond acceptors (Lipinski definition) is 21. The van der Waals surface area contributed by atoms with E-state index in [4.69, 9.17) is 5.11 Å². The fourth-order valence-corrected chi connectivity index (χ4v) is 6.23. The molecule has 0 saturated carbocycles. The molecule has 0 rings (SSSR count). The Balaban J connectivity index is 3.07. The highest BCUT2D eigenvalue weighted by atomic mass is 16.4. The summed E-state index contributed by atoms with van der Waals surface area (Å²) in [6.07, 6.45) is 2.52. The molecule has 0 atom stereocenters. The Bertz CT molecular complexity index is 894. The average molecular weight is 949 g/mol. The normalized spacial score (nSPS) is 11.7. The number of nitrogens with one attached hydrogen (secondary N) is 20. The molecule has 0 aliphatic rings. The molecule has 0 radical (unpaired) electrons. The molecule has 0 aliphatic heterocycles. The van der Waals surface area contributed by atoms with E-state index in [0.29, 0.717) is 6.54 Å². The molecule has 396 valence electrons. The van der Waals surface area contributed by atoms with Crippen LogP contribution in [-0.4, -0.2) is 273 Å². The maximum absolute atomic E-state index is 10.4. The molecular weight excluding hydrogens is 841 g/mol. The third-order valence-corrected chi connectivity index (χ3v) is 10.1. The first-order valence-electron chi connectivity index (χ1n) is 26.1. The molecule has 0 aromatic rings. The van der Waals surface area contributed by atoms with Gasteiger partial charge in [0.25, 0.3) is 0 Å². The Morgan fingerprint density at radius 1 is 0.227 bits per heavy atom. The van der Waals surface area contributed by atoms with Crippen molar-refractivity contribution in [3.63, 3.8) is 0 Å². The molecule has 22 nitrogen and oxygen atoms in total. The Labute approximate surface area is 402 Å². The summed E-state index contributed by atoms with van der Waals surface area (Å²) in [5.41, 5.74) is 0. The van der Waals surface area contributed by atoms with Gasteiger partial charge >= 0.3 is 5.97 Å². The standard InChI is InChI=1S/C44H108N20O2/c1-2-3-4-45-5-6-46-7-8-47-9-10-48-11-12-49-13-14-50-15-16-51-17-18-52-19-20-53-21-22-54-23-24-55-25-26-56-27-28-57-29-30-58-31-32-59-33-34-60-35-36-61-37-38-62-39-40-63-41-42-64-43-44(65)66/h45-64H,2-43H2,1H3,(H,65,66). The second-order valence-electron chi connectivity index (χ2n) is 16.2. The fourth-order valence-electron chi connectivity index (χ4n) is 6.23. The number of carboxylic acid groups (broad SMARTS) is 1. The topological polar surface area (TPSA) is 278 Å². The van der Waals surface area contributed by atoms with Gasteiger partial charge in [-0.3, -0.25) is 4.79 Å². The molecule has 22 heteroatoms. The smallest absolute Gasteiger partial charge is 0.317 e. The number of unbranched alkanes of at least 4 members (excludes halogenated alkanes) is 1. The molecule has 0 aliphatic carbocycles. The van der Waals surface area contributed by atoms with Crippen molar-refractivity contribution in [3.8, 4) is 0 Å². The molecule has 0 fully saturated rings. The van der Waals surface area contributed by atoms with Gasteiger partial charge in [0.15, 0.2) is 0 Å². The van der Waals surface area contributed by atoms with Crippen LogP contribution in [0, 0.1) is 0 Å². The number of carbonyl (C=O) groups is 1. The minimum absolute atomic E-state index is 0.0122. The van der Waals surface area contributed by atoms with Crippen molar-refractivity contribution in [1.29, 1.82) is 0 Å². The Morgan fingerprint density at radius 3 is 0.470 bits per heavy atom. The van der Waals surface area contributed by atoms with Gasteiger partial charge in [-0.2, -0.15) is 0 Å². The maximum atomic E-state index is 10.4. The summed E-state index contributed by atoms with van der Waals surface area (Å²) in [5, 5.41) is 77.3. The maximum Gasteiger partial charge on any atom is 0.317 e. The van der Waals surface area contributed by atoms with Crippen molar-refractivity contribution in [2.24, 2.45) is 0 Å². The van der Waals surface area contributed by atoms with Crippen molar-refractivity contribution in [2.75, 3.05) is 262 Å². The number of hydrogen-bond donors (Lipinski definition) is 21.